The lowest BCUT2D eigenvalue weighted by Crippen LogP contribution is -2.09. The van der Waals surface area contributed by atoms with Crippen LogP contribution in [0.15, 0.2) is 35.1 Å². The predicted octanol–water partition coefficient (Wildman–Crippen LogP) is 3.39. The van der Waals surface area contributed by atoms with Crippen molar-refractivity contribution >= 4 is 21.9 Å². The average Bonchev–Trinajstić information content (AvgIpc) is 2.83. The number of nitrogens with one attached hydrogen (secondary N) is 1. The summed E-state index contributed by atoms with van der Waals surface area (Å²) in [6.45, 7) is 3.67. The first-order valence-corrected chi connectivity index (χ1v) is 7.04. The molecular weight excluding hydrogens is 306 g/mol. The Bertz CT molecular complexity index is 539. The molecule has 0 amide bonds. The molecule has 0 aliphatic carbocycles. The molecule has 4 nitrogen and oxygen atoms in total. The highest BCUT2D eigenvalue weighted by Crippen LogP contribution is 2.24. The molecule has 19 heavy (non-hydrogen) atoms. The molecule has 5 heteroatoms. The number of aromatic nitrogens is 2. The van der Waals surface area contributed by atoms with Gasteiger partial charge in [0.2, 0.25) is 5.95 Å². The van der Waals surface area contributed by atoms with E-state index < -0.39 is 0 Å². The molecule has 0 aliphatic heterocycles. The van der Waals surface area contributed by atoms with Crippen LogP contribution < -0.4 is 5.32 Å². The molecule has 0 spiro atoms. The van der Waals surface area contributed by atoms with Crippen molar-refractivity contribution in [3.05, 3.63) is 40.6 Å². The van der Waals surface area contributed by atoms with E-state index in [1.165, 1.54) is 5.56 Å². The van der Waals surface area contributed by atoms with Gasteiger partial charge in [0.25, 0.3) is 0 Å². The molecule has 102 valence electrons. The minimum Gasteiger partial charge on any atom is -0.385 e. The summed E-state index contributed by atoms with van der Waals surface area (Å²) in [5.74, 6) is 0.848. The zero-order chi connectivity index (χ0) is 13.7. The first kappa shape index (κ1) is 14.1. The normalized spacial score (nSPS) is 10.7. The molecule has 1 aromatic carbocycles. The van der Waals surface area contributed by atoms with E-state index in [2.05, 4.69) is 51.4 Å². The maximum atomic E-state index is 5.03. The van der Waals surface area contributed by atoms with Gasteiger partial charge in [0.1, 0.15) is 0 Å². The highest BCUT2D eigenvalue weighted by molar-refractivity contribution is 9.10. The molecule has 2 aromatic rings. The summed E-state index contributed by atoms with van der Waals surface area (Å²) in [7, 11) is 1.71. The molecule has 1 aromatic heterocycles. The number of benzene rings is 1. The number of anilines is 1. The first-order valence-electron chi connectivity index (χ1n) is 6.25. The minimum atomic E-state index is 0.752. The van der Waals surface area contributed by atoms with Gasteiger partial charge in [-0.3, -0.25) is 4.57 Å². The van der Waals surface area contributed by atoms with Gasteiger partial charge in [-0.1, -0.05) is 6.07 Å². The Morgan fingerprint density at radius 3 is 3.00 bits per heavy atom. The molecule has 0 unspecified atom stereocenters. The maximum absolute atomic E-state index is 5.03. The number of nitrogens with zero attached hydrogens (tertiary/aromatic N) is 2. The number of halogens is 1. The van der Waals surface area contributed by atoms with E-state index in [-0.39, 0.29) is 0 Å². The molecule has 0 saturated carbocycles. The lowest BCUT2D eigenvalue weighted by atomic mass is 10.2. The lowest BCUT2D eigenvalue weighted by Gasteiger charge is -2.11. The van der Waals surface area contributed by atoms with E-state index in [0.29, 0.717) is 0 Å². The second-order valence-electron chi connectivity index (χ2n) is 4.35. The van der Waals surface area contributed by atoms with Gasteiger partial charge in [0.15, 0.2) is 0 Å². The fourth-order valence-electron chi connectivity index (χ4n) is 1.85. The highest BCUT2D eigenvalue weighted by atomic mass is 79.9. The van der Waals surface area contributed by atoms with Crippen molar-refractivity contribution in [2.24, 2.45) is 0 Å². The predicted molar refractivity (Wildman–Crippen MR) is 81.0 cm³/mol. The topological polar surface area (TPSA) is 39.1 Å². The van der Waals surface area contributed by atoms with Gasteiger partial charge < -0.3 is 10.1 Å². The quantitative estimate of drug-likeness (QED) is 0.828. The Hall–Kier alpha value is -1.33. The van der Waals surface area contributed by atoms with Crippen LogP contribution in [0.4, 0.5) is 5.95 Å². The molecule has 0 atom stereocenters. The summed E-state index contributed by atoms with van der Waals surface area (Å²) in [6.07, 6.45) is 4.71. The molecule has 0 saturated heterocycles. The third-order valence-corrected chi connectivity index (χ3v) is 3.45. The largest absolute Gasteiger partial charge is 0.385 e. The van der Waals surface area contributed by atoms with Crippen LogP contribution in [0.25, 0.3) is 5.69 Å². The zero-order valence-corrected chi connectivity index (χ0v) is 12.8. The summed E-state index contributed by atoms with van der Waals surface area (Å²) in [5, 5.41) is 3.32. The molecule has 0 fully saturated rings. The molecule has 0 bridgehead atoms. The highest BCUT2D eigenvalue weighted by Gasteiger charge is 2.07. The van der Waals surface area contributed by atoms with Crippen LogP contribution in [0.1, 0.15) is 12.0 Å². The van der Waals surface area contributed by atoms with Crippen molar-refractivity contribution in [1.29, 1.82) is 0 Å². The molecule has 0 radical (unpaired) electrons. The Labute approximate surface area is 121 Å². The van der Waals surface area contributed by atoms with Crippen LogP contribution in [0.5, 0.6) is 0 Å². The van der Waals surface area contributed by atoms with Crippen molar-refractivity contribution < 1.29 is 4.74 Å². The Balaban J connectivity index is 2.14. The van der Waals surface area contributed by atoms with Crippen LogP contribution in [0.2, 0.25) is 0 Å². The number of rotatable bonds is 6. The van der Waals surface area contributed by atoms with Crippen LogP contribution in [-0.4, -0.2) is 29.8 Å². The van der Waals surface area contributed by atoms with Crippen molar-refractivity contribution in [1.82, 2.24) is 9.55 Å². The van der Waals surface area contributed by atoms with Crippen molar-refractivity contribution in [2.75, 3.05) is 25.6 Å². The standard InChI is InChI=1S/C14H18BrN3O/c1-11-4-5-13(12(15)10-11)18-8-7-17-14(18)16-6-3-9-19-2/h4-5,7-8,10H,3,6,9H2,1-2H3,(H,16,17). The van der Waals surface area contributed by atoms with Crippen LogP contribution in [0, 0.1) is 6.92 Å². The number of ether oxygens (including phenoxy) is 1. The number of imidazole rings is 1. The van der Waals surface area contributed by atoms with Gasteiger partial charge in [0.05, 0.1) is 5.69 Å². The molecule has 1 N–H and O–H groups in total. The Kier molecular flexibility index (Phi) is 4.99. The summed E-state index contributed by atoms with van der Waals surface area (Å²) in [5.41, 5.74) is 2.31. The second kappa shape index (κ2) is 6.73. The van der Waals surface area contributed by atoms with Gasteiger partial charge in [-0.15, -0.1) is 0 Å². The maximum Gasteiger partial charge on any atom is 0.207 e. The number of aryl methyl sites for hydroxylation is 1. The van der Waals surface area contributed by atoms with E-state index in [1.807, 2.05) is 10.8 Å². The van der Waals surface area contributed by atoms with E-state index in [0.717, 1.165) is 35.7 Å². The van der Waals surface area contributed by atoms with Gasteiger partial charge in [-0.2, -0.15) is 0 Å². The molecule has 0 aliphatic rings. The van der Waals surface area contributed by atoms with Crippen LogP contribution in [-0.2, 0) is 4.74 Å². The monoisotopic (exact) mass is 323 g/mol. The van der Waals surface area contributed by atoms with Gasteiger partial charge in [-0.25, -0.2) is 4.98 Å². The number of methoxy groups -OCH3 is 1. The Morgan fingerprint density at radius 2 is 2.26 bits per heavy atom. The van der Waals surface area contributed by atoms with Crippen molar-refractivity contribution in [2.45, 2.75) is 13.3 Å². The summed E-state index contributed by atoms with van der Waals surface area (Å²) < 4.78 is 8.13. The van der Waals surface area contributed by atoms with E-state index >= 15 is 0 Å². The number of hydrogen-bond donors (Lipinski definition) is 1. The van der Waals surface area contributed by atoms with E-state index in [1.54, 1.807) is 13.3 Å². The van der Waals surface area contributed by atoms with E-state index in [9.17, 15) is 0 Å². The zero-order valence-electron chi connectivity index (χ0n) is 11.2. The molecular formula is C14H18BrN3O. The van der Waals surface area contributed by atoms with Gasteiger partial charge in [-0.05, 0) is 47.0 Å². The van der Waals surface area contributed by atoms with Crippen LogP contribution >= 0.6 is 15.9 Å². The number of hydrogen-bond acceptors (Lipinski definition) is 3. The SMILES string of the molecule is COCCCNc1nccn1-c1ccc(C)cc1Br. The first-order chi connectivity index (χ1) is 9.22. The Morgan fingerprint density at radius 1 is 1.42 bits per heavy atom. The van der Waals surface area contributed by atoms with Gasteiger partial charge >= 0.3 is 0 Å². The molecule has 2 rings (SSSR count). The van der Waals surface area contributed by atoms with E-state index in [4.69, 9.17) is 4.74 Å². The lowest BCUT2D eigenvalue weighted by molar-refractivity contribution is 0.197. The van der Waals surface area contributed by atoms with Crippen molar-refractivity contribution in [3.8, 4) is 5.69 Å². The minimum absolute atomic E-state index is 0.752. The fourth-order valence-corrected chi connectivity index (χ4v) is 2.54. The van der Waals surface area contributed by atoms with Gasteiger partial charge in [0, 0.05) is 37.1 Å². The summed E-state index contributed by atoms with van der Waals surface area (Å²) in [6, 6.07) is 6.28. The third kappa shape index (κ3) is 3.58. The summed E-state index contributed by atoms with van der Waals surface area (Å²) >= 11 is 3.60. The second-order valence-corrected chi connectivity index (χ2v) is 5.20. The fraction of sp³-hybridized carbons (Fsp3) is 0.357. The summed E-state index contributed by atoms with van der Waals surface area (Å²) in [4.78, 5) is 4.34. The third-order valence-electron chi connectivity index (χ3n) is 2.81. The van der Waals surface area contributed by atoms with Crippen molar-refractivity contribution in [3.63, 3.8) is 0 Å². The molecule has 1 heterocycles. The average molecular weight is 324 g/mol. The van der Waals surface area contributed by atoms with Crippen LogP contribution in [0.3, 0.4) is 0 Å². The smallest absolute Gasteiger partial charge is 0.207 e.